The van der Waals surface area contributed by atoms with Gasteiger partial charge in [-0.05, 0) is 23.1 Å². The molecule has 34 heavy (non-hydrogen) atoms. The van der Waals surface area contributed by atoms with Crippen LogP contribution in [0, 0.1) is 0 Å². The van der Waals surface area contributed by atoms with Crippen LogP contribution in [0.1, 0.15) is 49.3 Å². The summed E-state index contributed by atoms with van der Waals surface area (Å²) in [6.45, 7) is 1.78. The molecule has 1 N–H and O–H groups in total. The molecule has 176 valence electrons. The van der Waals surface area contributed by atoms with Gasteiger partial charge in [0, 0.05) is 19.3 Å². The van der Waals surface area contributed by atoms with Crippen LogP contribution in [0.4, 0.5) is 0 Å². The fourth-order valence-electron chi connectivity index (χ4n) is 4.33. The fraction of sp³-hybridized carbons (Fsp3) is 0.276. The number of carbonyl (C=O) groups is 3. The largest absolute Gasteiger partial charge is 0.467 e. The Morgan fingerprint density at radius 1 is 0.794 bits per heavy atom. The molecule has 3 rings (SSSR count). The molecule has 0 bridgehead atoms. The number of rotatable bonds is 11. The Labute approximate surface area is 201 Å². The molecule has 0 heterocycles. The van der Waals surface area contributed by atoms with Crippen molar-refractivity contribution in [1.82, 2.24) is 5.32 Å². The van der Waals surface area contributed by atoms with Crippen LogP contribution in [0.25, 0.3) is 0 Å². The third kappa shape index (κ3) is 5.79. The van der Waals surface area contributed by atoms with Gasteiger partial charge in [-0.1, -0.05) is 97.9 Å². The molecule has 0 saturated carbocycles. The average Bonchev–Trinajstić information content (AvgIpc) is 2.90. The van der Waals surface area contributed by atoms with Gasteiger partial charge in [0.15, 0.2) is 0 Å². The Balaban J connectivity index is 2.02. The predicted molar refractivity (Wildman–Crippen MR) is 132 cm³/mol. The van der Waals surface area contributed by atoms with Crippen molar-refractivity contribution >= 4 is 17.7 Å². The normalized spacial score (nSPS) is 11.9. The number of ether oxygens (including phenoxy) is 1. The third-order valence-corrected chi connectivity index (χ3v) is 6.15. The number of amides is 1. The van der Waals surface area contributed by atoms with E-state index in [1.807, 2.05) is 91.0 Å². The van der Waals surface area contributed by atoms with Gasteiger partial charge in [-0.3, -0.25) is 9.59 Å². The first kappa shape index (κ1) is 24.9. The quantitative estimate of drug-likeness (QED) is 0.331. The summed E-state index contributed by atoms with van der Waals surface area (Å²) in [4.78, 5) is 37.7. The molecule has 0 aromatic heterocycles. The summed E-state index contributed by atoms with van der Waals surface area (Å²) < 4.78 is 4.90. The lowest BCUT2D eigenvalue weighted by molar-refractivity contribution is -0.145. The number of nitrogens with one attached hydrogen (secondary N) is 1. The highest BCUT2D eigenvalue weighted by molar-refractivity contribution is 5.87. The van der Waals surface area contributed by atoms with Gasteiger partial charge >= 0.3 is 5.97 Å². The number of hydrogen-bond acceptors (Lipinski definition) is 4. The summed E-state index contributed by atoms with van der Waals surface area (Å²) in [5.41, 5.74) is 2.14. The highest BCUT2D eigenvalue weighted by atomic mass is 16.5. The Bertz CT molecular complexity index is 984. The summed E-state index contributed by atoms with van der Waals surface area (Å²) in [5.74, 6) is -0.812. The second-order valence-corrected chi connectivity index (χ2v) is 8.25. The minimum Gasteiger partial charge on any atom is -0.467 e. The van der Waals surface area contributed by atoms with Gasteiger partial charge in [0.1, 0.15) is 11.8 Å². The topological polar surface area (TPSA) is 72.5 Å². The first-order valence-electron chi connectivity index (χ1n) is 11.6. The maximum atomic E-state index is 13.5. The van der Waals surface area contributed by atoms with E-state index in [-0.39, 0.29) is 31.0 Å². The van der Waals surface area contributed by atoms with E-state index in [9.17, 15) is 14.4 Å². The predicted octanol–water partition coefficient (Wildman–Crippen LogP) is 4.83. The highest BCUT2D eigenvalue weighted by Gasteiger charge is 2.39. The molecule has 1 atom stereocenters. The molecule has 3 aromatic carbocycles. The Hall–Kier alpha value is -3.73. The second kappa shape index (κ2) is 11.9. The molecule has 5 nitrogen and oxygen atoms in total. The molecule has 0 spiro atoms. The van der Waals surface area contributed by atoms with Gasteiger partial charge in [0.05, 0.1) is 12.5 Å². The number of carbonyl (C=O) groups excluding carboxylic acids is 3. The number of Topliss-reactive ketones (excluding diaryl/α,β-unsaturated/α-hetero) is 1. The van der Waals surface area contributed by atoms with E-state index < -0.39 is 17.4 Å². The Kier molecular flexibility index (Phi) is 8.74. The molecule has 3 aromatic rings. The molecule has 0 aliphatic carbocycles. The van der Waals surface area contributed by atoms with Crippen LogP contribution >= 0.6 is 0 Å². The van der Waals surface area contributed by atoms with Crippen molar-refractivity contribution in [1.29, 1.82) is 0 Å². The van der Waals surface area contributed by atoms with Crippen molar-refractivity contribution in [2.75, 3.05) is 7.11 Å². The Morgan fingerprint density at radius 2 is 1.24 bits per heavy atom. The summed E-state index contributed by atoms with van der Waals surface area (Å²) in [7, 11) is 1.28. The summed E-state index contributed by atoms with van der Waals surface area (Å²) in [6, 6.07) is 28.8. The smallest absolute Gasteiger partial charge is 0.328 e. The maximum absolute atomic E-state index is 13.5. The van der Waals surface area contributed by atoms with Gasteiger partial charge in [-0.2, -0.15) is 0 Å². The lowest BCUT2D eigenvalue weighted by Gasteiger charge is -2.36. The van der Waals surface area contributed by atoms with Gasteiger partial charge in [-0.15, -0.1) is 0 Å². The van der Waals surface area contributed by atoms with Crippen molar-refractivity contribution in [2.24, 2.45) is 0 Å². The van der Waals surface area contributed by atoms with E-state index >= 15 is 0 Å². The number of hydrogen-bond donors (Lipinski definition) is 1. The summed E-state index contributed by atoms with van der Waals surface area (Å²) >= 11 is 0. The van der Waals surface area contributed by atoms with Gasteiger partial charge in [0.25, 0.3) is 0 Å². The molecule has 0 radical (unpaired) electrons. The first-order chi connectivity index (χ1) is 16.5. The molecule has 0 aliphatic rings. The van der Waals surface area contributed by atoms with E-state index in [1.54, 1.807) is 6.92 Å². The van der Waals surface area contributed by atoms with Crippen LogP contribution in [0.3, 0.4) is 0 Å². The van der Waals surface area contributed by atoms with Crippen LogP contribution < -0.4 is 5.32 Å². The molecular weight excluding hydrogens is 426 g/mol. The van der Waals surface area contributed by atoms with Crippen molar-refractivity contribution in [3.05, 3.63) is 108 Å². The van der Waals surface area contributed by atoms with Crippen molar-refractivity contribution in [3.63, 3.8) is 0 Å². The Morgan fingerprint density at radius 3 is 1.62 bits per heavy atom. The molecule has 0 fully saturated rings. The lowest BCUT2D eigenvalue weighted by Crippen LogP contribution is -2.45. The minimum atomic E-state index is -0.881. The van der Waals surface area contributed by atoms with Crippen LogP contribution in [0.5, 0.6) is 0 Å². The minimum absolute atomic E-state index is 0.0374. The second-order valence-electron chi connectivity index (χ2n) is 8.25. The number of ketones is 1. The zero-order valence-corrected chi connectivity index (χ0v) is 19.7. The monoisotopic (exact) mass is 457 g/mol. The van der Waals surface area contributed by atoms with Gasteiger partial charge in [0.2, 0.25) is 5.91 Å². The summed E-state index contributed by atoms with van der Waals surface area (Å²) in [6.07, 6.45) is 0.888. The van der Waals surface area contributed by atoms with E-state index in [0.29, 0.717) is 6.42 Å². The molecule has 5 heteroatoms. The van der Waals surface area contributed by atoms with E-state index in [2.05, 4.69) is 5.32 Å². The van der Waals surface area contributed by atoms with E-state index in [0.717, 1.165) is 16.7 Å². The highest BCUT2D eigenvalue weighted by Crippen LogP contribution is 2.42. The first-order valence-corrected chi connectivity index (χ1v) is 11.6. The zero-order chi connectivity index (χ0) is 24.4. The van der Waals surface area contributed by atoms with E-state index in [1.165, 1.54) is 7.11 Å². The standard InChI is InChI=1S/C29H31NO4/c1-3-25(31)19-20-26(28(33)34-2)30-27(32)21-29(22-13-7-4-8-14-22,23-15-9-5-10-16-23)24-17-11-6-12-18-24/h4-18,26H,3,19-21H2,1-2H3,(H,30,32)/t26-/m1/s1. The van der Waals surface area contributed by atoms with Gasteiger partial charge in [-0.25, -0.2) is 4.79 Å². The van der Waals surface area contributed by atoms with Crippen molar-refractivity contribution in [3.8, 4) is 0 Å². The maximum Gasteiger partial charge on any atom is 0.328 e. The van der Waals surface area contributed by atoms with Crippen LogP contribution in [0.2, 0.25) is 0 Å². The fourth-order valence-corrected chi connectivity index (χ4v) is 4.33. The zero-order valence-electron chi connectivity index (χ0n) is 19.7. The van der Waals surface area contributed by atoms with Crippen LogP contribution in [-0.4, -0.2) is 30.8 Å². The lowest BCUT2D eigenvalue weighted by atomic mass is 9.67. The third-order valence-electron chi connectivity index (χ3n) is 6.15. The summed E-state index contributed by atoms with van der Waals surface area (Å²) in [5, 5.41) is 2.85. The molecule has 0 aliphatic heterocycles. The van der Waals surface area contributed by atoms with E-state index in [4.69, 9.17) is 4.74 Å². The number of methoxy groups -OCH3 is 1. The number of esters is 1. The molecule has 0 saturated heterocycles. The van der Waals surface area contributed by atoms with Crippen molar-refractivity contribution in [2.45, 2.75) is 44.1 Å². The molecule has 0 unspecified atom stereocenters. The molecule has 1 amide bonds. The van der Waals surface area contributed by atoms with Gasteiger partial charge < -0.3 is 10.1 Å². The SMILES string of the molecule is CCC(=O)CC[C@@H](NC(=O)CC(c1ccccc1)(c1ccccc1)c1ccccc1)C(=O)OC. The van der Waals surface area contributed by atoms with Crippen LogP contribution in [-0.2, 0) is 24.5 Å². The molecular formula is C29H31NO4. The average molecular weight is 458 g/mol. The van der Waals surface area contributed by atoms with Crippen LogP contribution in [0.15, 0.2) is 91.0 Å². The van der Waals surface area contributed by atoms with Crippen molar-refractivity contribution < 1.29 is 19.1 Å². The number of benzene rings is 3.